The molecule has 1 aliphatic heterocycles. The summed E-state index contributed by atoms with van der Waals surface area (Å²) in [7, 11) is -2.94. The van der Waals surface area contributed by atoms with Crippen LogP contribution >= 0.6 is 0 Å². The van der Waals surface area contributed by atoms with Gasteiger partial charge in [0.1, 0.15) is 5.82 Å². The third-order valence-corrected chi connectivity index (χ3v) is 5.17. The highest BCUT2D eigenvalue weighted by atomic mass is 32.2. The number of para-hydroxylation sites is 1. The van der Waals surface area contributed by atoms with Gasteiger partial charge in [-0.05, 0) is 18.6 Å². The highest BCUT2D eigenvalue weighted by Gasteiger charge is 2.21. The summed E-state index contributed by atoms with van der Waals surface area (Å²) in [5.74, 6) is 1.34. The lowest BCUT2D eigenvalue weighted by Crippen LogP contribution is -2.28. The first-order valence-electron chi connectivity index (χ1n) is 6.53. The fourth-order valence-corrected chi connectivity index (χ4v) is 3.74. The van der Waals surface area contributed by atoms with Gasteiger partial charge >= 0.3 is 0 Å². The van der Waals surface area contributed by atoms with Crippen molar-refractivity contribution in [1.82, 2.24) is 9.97 Å². The molecule has 1 aromatic carbocycles. The fourth-order valence-electron chi connectivity index (χ4n) is 2.47. The molecule has 0 radical (unpaired) electrons. The Bertz CT molecular complexity index is 745. The Balaban J connectivity index is 2.05. The molecule has 6 nitrogen and oxygen atoms in total. The summed E-state index contributed by atoms with van der Waals surface area (Å²) < 4.78 is 23.4. The molecule has 2 N–H and O–H groups in total. The van der Waals surface area contributed by atoms with E-state index in [9.17, 15) is 8.42 Å². The largest absolute Gasteiger partial charge is 0.368 e. The van der Waals surface area contributed by atoms with E-state index in [1.54, 1.807) is 0 Å². The number of hydrogen-bond donors (Lipinski definition) is 1. The van der Waals surface area contributed by atoms with Gasteiger partial charge in [-0.3, -0.25) is 0 Å². The number of hydrogen-bond acceptors (Lipinski definition) is 6. The number of fused-ring (bicyclic) bond motifs is 1. The smallest absolute Gasteiger partial charge is 0.222 e. The lowest BCUT2D eigenvalue weighted by atomic mass is 10.2. The molecule has 1 aliphatic rings. The Morgan fingerprint density at radius 3 is 2.75 bits per heavy atom. The summed E-state index contributed by atoms with van der Waals surface area (Å²) in [6.07, 6.45) is 0.612. The van der Waals surface area contributed by atoms with Crippen LogP contribution in [0.4, 0.5) is 11.8 Å². The molecule has 0 saturated carbocycles. The van der Waals surface area contributed by atoms with Crippen molar-refractivity contribution in [3.8, 4) is 0 Å². The van der Waals surface area contributed by atoms with Crippen LogP contribution in [-0.4, -0.2) is 43.0 Å². The van der Waals surface area contributed by atoms with E-state index in [1.165, 1.54) is 0 Å². The number of nitrogens with zero attached hydrogens (tertiary/aromatic N) is 3. The van der Waals surface area contributed by atoms with E-state index in [4.69, 9.17) is 5.73 Å². The number of anilines is 2. The first-order valence-corrected chi connectivity index (χ1v) is 8.35. The van der Waals surface area contributed by atoms with Crippen LogP contribution in [0, 0.1) is 0 Å². The maximum atomic E-state index is 11.7. The van der Waals surface area contributed by atoms with Crippen molar-refractivity contribution in [2.45, 2.75) is 6.42 Å². The van der Waals surface area contributed by atoms with E-state index < -0.39 is 9.84 Å². The summed E-state index contributed by atoms with van der Waals surface area (Å²) in [6, 6.07) is 7.63. The number of nitrogen functional groups attached to an aromatic ring is 1. The van der Waals surface area contributed by atoms with Crippen LogP contribution in [-0.2, 0) is 9.84 Å². The molecule has 1 aromatic heterocycles. The molecular weight excluding hydrogens is 276 g/mol. The molecule has 2 aromatic rings. The van der Waals surface area contributed by atoms with E-state index in [1.807, 2.05) is 29.2 Å². The first-order chi connectivity index (χ1) is 9.55. The van der Waals surface area contributed by atoms with Crippen molar-refractivity contribution in [2.24, 2.45) is 0 Å². The van der Waals surface area contributed by atoms with Crippen LogP contribution in [0.25, 0.3) is 10.9 Å². The predicted octanol–water partition coefficient (Wildman–Crippen LogP) is 0.837. The second kappa shape index (κ2) is 4.90. The van der Waals surface area contributed by atoms with E-state index in [-0.39, 0.29) is 17.5 Å². The van der Waals surface area contributed by atoms with Crippen molar-refractivity contribution in [3.63, 3.8) is 0 Å². The molecule has 3 rings (SSSR count). The Labute approximate surface area is 117 Å². The van der Waals surface area contributed by atoms with Gasteiger partial charge in [-0.25, -0.2) is 13.4 Å². The third-order valence-electron chi connectivity index (χ3n) is 3.46. The van der Waals surface area contributed by atoms with Gasteiger partial charge < -0.3 is 10.6 Å². The molecule has 0 atom stereocenters. The summed E-state index contributed by atoms with van der Waals surface area (Å²) in [5, 5.41) is 0.904. The molecule has 106 valence electrons. The highest BCUT2D eigenvalue weighted by Crippen LogP contribution is 2.25. The number of sulfone groups is 1. The Morgan fingerprint density at radius 2 is 1.90 bits per heavy atom. The molecule has 0 unspecified atom stereocenters. The lowest BCUT2D eigenvalue weighted by Gasteiger charge is -2.22. The van der Waals surface area contributed by atoms with Gasteiger partial charge in [0.05, 0.1) is 17.0 Å². The zero-order valence-electron chi connectivity index (χ0n) is 11.0. The Morgan fingerprint density at radius 1 is 1.10 bits per heavy atom. The molecule has 1 fully saturated rings. The topological polar surface area (TPSA) is 89.2 Å². The van der Waals surface area contributed by atoms with Crippen molar-refractivity contribution in [2.75, 3.05) is 35.2 Å². The monoisotopic (exact) mass is 292 g/mol. The van der Waals surface area contributed by atoms with Crippen LogP contribution in [0.1, 0.15) is 6.42 Å². The maximum Gasteiger partial charge on any atom is 0.222 e. The van der Waals surface area contributed by atoms with Crippen molar-refractivity contribution < 1.29 is 8.42 Å². The zero-order valence-corrected chi connectivity index (χ0v) is 11.8. The zero-order chi connectivity index (χ0) is 14.2. The standard InChI is InChI=1S/C13H16N4O2S/c14-13-15-11-5-2-1-4-10(11)12(16-13)17-6-3-8-20(18,19)9-7-17/h1-2,4-5H,3,6-9H2,(H2,14,15,16). The average Bonchev–Trinajstić information content (AvgIpc) is 2.59. The molecule has 0 amide bonds. The van der Waals surface area contributed by atoms with Crippen LogP contribution in [0.5, 0.6) is 0 Å². The molecule has 2 heterocycles. The van der Waals surface area contributed by atoms with Gasteiger partial charge in [0, 0.05) is 18.5 Å². The van der Waals surface area contributed by atoms with Crippen LogP contribution in [0.3, 0.4) is 0 Å². The van der Waals surface area contributed by atoms with E-state index >= 15 is 0 Å². The van der Waals surface area contributed by atoms with E-state index in [2.05, 4.69) is 9.97 Å². The molecule has 0 aliphatic carbocycles. The van der Waals surface area contributed by atoms with Crippen molar-refractivity contribution in [3.05, 3.63) is 24.3 Å². The molecule has 0 spiro atoms. The summed E-state index contributed by atoms with van der Waals surface area (Å²) in [6.45, 7) is 1.11. The molecule has 0 bridgehead atoms. The second-order valence-corrected chi connectivity index (χ2v) is 7.22. The average molecular weight is 292 g/mol. The fraction of sp³-hybridized carbons (Fsp3) is 0.385. The highest BCUT2D eigenvalue weighted by molar-refractivity contribution is 7.91. The molecule has 1 saturated heterocycles. The number of nitrogens with two attached hydrogens (primary N) is 1. The van der Waals surface area contributed by atoms with Crippen LogP contribution in [0.15, 0.2) is 24.3 Å². The van der Waals surface area contributed by atoms with Gasteiger partial charge in [-0.2, -0.15) is 4.98 Å². The maximum absolute atomic E-state index is 11.7. The normalized spacial score (nSPS) is 18.9. The summed E-state index contributed by atoms with van der Waals surface area (Å²) >= 11 is 0. The number of benzene rings is 1. The van der Waals surface area contributed by atoms with Crippen molar-refractivity contribution in [1.29, 1.82) is 0 Å². The van der Waals surface area contributed by atoms with Crippen molar-refractivity contribution >= 4 is 32.5 Å². The quantitative estimate of drug-likeness (QED) is 0.837. The second-order valence-electron chi connectivity index (χ2n) is 4.91. The van der Waals surface area contributed by atoms with Gasteiger partial charge in [0.15, 0.2) is 9.84 Å². The third kappa shape index (κ3) is 2.53. The minimum Gasteiger partial charge on any atom is -0.368 e. The van der Waals surface area contributed by atoms with Gasteiger partial charge in [-0.1, -0.05) is 12.1 Å². The van der Waals surface area contributed by atoms with Gasteiger partial charge in [-0.15, -0.1) is 0 Å². The number of rotatable bonds is 1. The molecular formula is C13H16N4O2S. The SMILES string of the molecule is Nc1nc(N2CCCS(=O)(=O)CC2)c2ccccc2n1. The van der Waals surface area contributed by atoms with E-state index in [0.717, 1.165) is 16.7 Å². The van der Waals surface area contributed by atoms with E-state index in [0.29, 0.717) is 19.5 Å². The lowest BCUT2D eigenvalue weighted by molar-refractivity contribution is 0.597. The summed E-state index contributed by atoms with van der Waals surface area (Å²) in [4.78, 5) is 10.5. The van der Waals surface area contributed by atoms with Crippen LogP contribution in [0.2, 0.25) is 0 Å². The molecule has 7 heteroatoms. The predicted molar refractivity (Wildman–Crippen MR) is 79.4 cm³/mol. The minimum absolute atomic E-state index is 0.158. The Kier molecular flexibility index (Phi) is 3.21. The first kappa shape index (κ1) is 13.1. The number of aromatic nitrogens is 2. The minimum atomic E-state index is -2.94. The Hall–Kier alpha value is -1.89. The van der Waals surface area contributed by atoms with Gasteiger partial charge in [0.25, 0.3) is 0 Å². The van der Waals surface area contributed by atoms with Gasteiger partial charge in [0.2, 0.25) is 5.95 Å². The van der Waals surface area contributed by atoms with Crippen LogP contribution < -0.4 is 10.6 Å². The molecule has 20 heavy (non-hydrogen) atoms. The summed E-state index contributed by atoms with van der Waals surface area (Å²) in [5.41, 5.74) is 6.54.